The van der Waals surface area contributed by atoms with Gasteiger partial charge < -0.3 is 9.84 Å². The van der Waals surface area contributed by atoms with E-state index in [4.69, 9.17) is 4.74 Å². The molecule has 0 amide bonds. The molecule has 102 valence electrons. The van der Waals surface area contributed by atoms with Crippen LogP contribution in [0.3, 0.4) is 0 Å². The Balaban J connectivity index is 3.08. The predicted octanol–water partition coefficient (Wildman–Crippen LogP) is 4.82. The van der Waals surface area contributed by atoms with E-state index in [2.05, 4.69) is 40.7 Å². The minimum atomic E-state index is 0.267. The van der Waals surface area contributed by atoms with Crippen molar-refractivity contribution in [3.05, 3.63) is 23.3 Å². The molecule has 0 saturated heterocycles. The topological polar surface area (TPSA) is 29.5 Å². The van der Waals surface area contributed by atoms with Crippen LogP contribution in [0.2, 0.25) is 0 Å². The average molecular weight is 250 g/mol. The summed E-state index contributed by atoms with van der Waals surface area (Å²) in [4.78, 5) is 0. The normalized spacial score (nSPS) is 11.3. The number of rotatable bonds is 6. The van der Waals surface area contributed by atoms with Crippen molar-refractivity contribution in [2.75, 3.05) is 6.61 Å². The molecule has 0 spiro atoms. The van der Waals surface area contributed by atoms with Gasteiger partial charge in [-0.05, 0) is 36.0 Å². The molecule has 0 saturated carbocycles. The number of hydrogen-bond donors (Lipinski definition) is 1. The van der Waals surface area contributed by atoms with Crippen LogP contribution >= 0.6 is 0 Å². The highest BCUT2D eigenvalue weighted by atomic mass is 16.5. The fourth-order valence-corrected chi connectivity index (χ4v) is 1.99. The molecule has 1 N–H and O–H groups in total. The highest BCUT2D eigenvalue weighted by Gasteiger charge is 2.16. The molecular formula is C16H26O2. The molecule has 0 aliphatic carbocycles. The summed E-state index contributed by atoms with van der Waals surface area (Å²) in [5, 5.41) is 10.2. The van der Waals surface area contributed by atoms with Crippen molar-refractivity contribution in [3.63, 3.8) is 0 Å². The SMILES string of the molecule is CCCCOc1cc(C(C)C)cc(O)c1C(C)C. The first-order valence-electron chi connectivity index (χ1n) is 6.96. The number of phenols is 1. The Bertz CT molecular complexity index is 381. The van der Waals surface area contributed by atoms with E-state index in [1.54, 1.807) is 0 Å². The van der Waals surface area contributed by atoms with E-state index >= 15 is 0 Å². The van der Waals surface area contributed by atoms with Crippen molar-refractivity contribution in [2.24, 2.45) is 0 Å². The fourth-order valence-electron chi connectivity index (χ4n) is 1.99. The second kappa shape index (κ2) is 6.67. The first kappa shape index (κ1) is 14.9. The van der Waals surface area contributed by atoms with Crippen LogP contribution in [0.15, 0.2) is 12.1 Å². The molecule has 0 heterocycles. The van der Waals surface area contributed by atoms with Gasteiger partial charge in [-0.25, -0.2) is 0 Å². The standard InChI is InChI=1S/C16H26O2/c1-6-7-8-18-15-10-13(11(2)3)9-14(17)16(15)12(4)5/h9-12,17H,6-8H2,1-5H3. The van der Waals surface area contributed by atoms with E-state index in [0.717, 1.165) is 36.3 Å². The number of phenolic OH excluding ortho intramolecular Hbond substituents is 1. The largest absolute Gasteiger partial charge is 0.508 e. The maximum absolute atomic E-state index is 10.2. The van der Waals surface area contributed by atoms with Gasteiger partial charge in [-0.1, -0.05) is 41.0 Å². The van der Waals surface area contributed by atoms with E-state index in [0.29, 0.717) is 11.7 Å². The molecule has 1 aromatic carbocycles. The second-order valence-corrected chi connectivity index (χ2v) is 5.46. The van der Waals surface area contributed by atoms with Crippen LogP contribution in [0.1, 0.15) is 70.4 Å². The van der Waals surface area contributed by atoms with Crippen LogP contribution in [0, 0.1) is 0 Å². The number of hydrogen-bond acceptors (Lipinski definition) is 2. The molecule has 18 heavy (non-hydrogen) atoms. The van der Waals surface area contributed by atoms with Gasteiger partial charge in [0.25, 0.3) is 0 Å². The van der Waals surface area contributed by atoms with Gasteiger partial charge in [-0.3, -0.25) is 0 Å². The molecule has 0 radical (unpaired) electrons. The van der Waals surface area contributed by atoms with Gasteiger partial charge in [0.2, 0.25) is 0 Å². The van der Waals surface area contributed by atoms with Crippen LogP contribution in [-0.4, -0.2) is 11.7 Å². The van der Waals surface area contributed by atoms with Crippen LogP contribution < -0.4 is 4.74 Å². The predicted molar refractivity (Wildman–Crippen MR) is 76.7 cm³/mol. The van der Waals surface area contributed by atoms with E-state index in [9.17, 15) is 5.11 Å². The Morgan fingerprint density at radius 3 is 2.28 bits per heavy atom. The first-order chi connectivity index (χ1) is 8.47. The lowest BCUT2D eigenvalue weighted by atomic mass is 9.95. The van der Waals surface area contributed by atoms with Gasteiger partial charge in [-0.15, -0.1) is 0 Å². The molecule has 0 unspecified atom stereocenters. The van der Waals surface area contributed by atoms with Crippen molar-refractivity contribution in [1.82, 2.24) is 0 Å². The maximum Gasteiger partial charge on any atom is 0.126 e. The molecule has 0 bridgehead atoms. The Kier molecular flexibility index (Phi) is 5.52. The minimum Gasteiger partial charge on any atom is -0.508 e. The highest BCUT2D eigenvalue weighted by molar-refractivity contribution is 5.49. The molecule has 1 aromatic rings. The van der Waals surface area contributed by atoms with Crippen molar-refractivity contribution in [2.45, 2.75) is 59.3 Å². The number of ether oxygens (including phenoxy) is 1. The zero-order valence-corrected chi connectivity index (χ0v) is 12.3. The summed E-state index contributed by atoms with van der Waals surface area (Å²) in [6.45, 7) is 11.3. The molecule has 0 aliphatic rings. The van der Waals surface area contributed by atoms with E-state index in [-0.39, 0.29) is 5.92 Å². The smallest absolute Gasteiger partial charge is 0.126 e. The Hall–Kier alpha value is -1.18. The summed E-state index contributed by atoms with van der Waals surface area (Å²) in [6, 6.07) is 3.95. The molecular weight excluding hydrogens is 224 g/mol. The number of aromatic hydroxyl groups is 1. The minimum absolute atomic E-state index is 0.267. The third-order valence-corrected chi connectivity index (χ3v) is 3.14. The molecule has 0 atom stereocenters. The van der Waals surface area contributed by atoms with Crippen molar-refractivity contribution in [1.29, 1.82) is 0 Å². The van der Waals surface area contributed by atoms with Crippen LogP contribution in [0.25, 0.3) is 0 Å². The monoisotopic (exact) mass is 250 g/mol. The number of unbranched alkanes of at least 4 members (excludes halogenated alkanes) is 1. The van der Waals surface area contributed by atoms with Gasteiger partial charge in [-0.2, -0.15) is 0 Å². The lowest BCUT2D eigenvalue weighted by Gasteiger charge is -2.18. The summed E-state index contributed by atoms with van der Waals surface area (Å²) in [5.41, 5.74) is 2.05. The van der Waals surface area contributed by atoms with Gasteiger partial charge in [0.05, 0.1) is 6.61 Å². The Labute approximate surface area is 111 Å². The average Bonchev–Trinajstić information content (AvgIpc) is 2.27. The van der Waals surface area contributed by atoms with Crippen molar-refractivity contribution in [3.8, 4) is 11.5 Å². The fraction of sp³-hybridized carbons (Fsp3) is 0.625. The van der Waals surface area contributed by atoms with Gasteiger partial charge in [0, 0.05) is 5.56 Å². The van der Waals surface area contributed by atoms with Gasteiger partial charge in [0.1, 0.15) is 11.5 Å². The Morgan fingerprint density at radius 2 is 1.78 bits per heavy atom. The van der Waals surface area contributed by atoms with Crippen LogP contribution in [0.4, 0.5) is 0 Å². The number of benzene rings is 1. The summed E-state index contributed by atoms with van der Waals surface area (Å²) in [6.07, 6.45) is 2.16. The summed E-state index contributed by atoms with van der Waals surface area (Å²) < 4.78 is 5.85. The molecule has 2 nitrogen and oxygen atoms in total. The lowest BCUT2D eigenvalue weighted by molar-refractivity contribution is 0.302. The zero-order valence-electron chi connectivity index (χ0n) is 12.3. The van der Waals surface area contributed by atoms with Crippen LogP contribution in [-0.2, 0) is 0 Å². The van der Waals surface area contributed by atoms with Crippen LogP contribution in [0.5, 0.6) is 11.5 Å². The molecule has 0 fully saturated rings. The molecule has 0 aliphatic heterocycles. The third-order valence-electron chi connectivity index (χ3n) is 3.14. The summed E-state index contributed by atoms with van der Waals surface area (Å²) >= 11 is 0. The highest BCUT2D eigenvalue weighted by Crippen LogP contribution is 2.37. The van der Waals surface area contributed by atoms with Gasteiger partial charge in [0.15, 0.2) is 0 Å². The molecule has 1 rings (SSSR count). The lowest BCUT2D eigenvalue weighted by Crippen LogP contribution is -2.03. The Morgan fingerprint density at radius 1 is 1.11 bits per heavy atom. The summed E-state index contributed by atoms with van der Waals surface area (Å²) in [7, 11) is 0. The van der Waals surface area contributed by atoms with Crippen molar-refractivity contribution >= 4 is 0 Å². The molecule has 0 aromatic heterocycles. The first-order valence-corrected chi connectivity index (χ1v) is 6.96. The zero-order chi connectivity index (χ0) is 13.7. The molecule has 2 heteroatoms. The van der Waals surface area contributed by atoms with Gasteiger partial charge >= 0.3 is 0 Å². The van der Waals surface area contributed by atoms with E-state index < -0.39 is 0 Å². The maximum atomic E-state index is 10.2. The third kappa shape index (κ3) is 3.66. The van der Waals surface area contributed by atoms with E-state index in [1.807, 2.05) is 6.07 Å². The van der Waals surface area contributed by atoms with Crippen molar-refractivity contribution < 1.29 is 9.84 Å². The van der Waals surface area contributed by atoms with E-state index in [1.165, 1.54) is 0 Å². The quantitative estimate of drug-likeness (QED) is 0.734. The summed E-state index contributed by atoms with van der Waals surface area (Å²) in [5.74, 6) is 1.87. The second-order valence-electron chi connectivity index (χ2n) is 5.46.